The third kappa shape index (κ3) is 3.35. The first-order valence-electron chi connectivity index (χ1n) is 7.32. The molecule has 2 rings (SSSR count). The third-order valence-electron chi connectivity index (χ3n) is 4.38. The van der Waals surface area contributed by atoms with Crippen molar-refractivity contribution in [3.05, 3.63) is 18.0 Å². The molecule has 0 aromatic carbocycles. The molecule has 0 radical (unpaired) electrons. The number of aromatic nitrogens is 2. The number of hydrogen-bond donors (Lipinski definition) is 1. The van der Waals surface area contributed by atoms with Gasteiger partial charge in [-0.15, -0.1) is 0 Å². The van der Waals surface area contributed by atoms with Crippen LogP contribution in [0.1, 0.15) is 51.6 Å². The van der Waals surface area contributed by atoms with Gasteiger partial charge in [-0.2, -0.15) is 5.10 Å². The molecular weight excluding hydrogens is 222 g/mol. The molecule has 0 atom stereocenters. The Hall–Kier alpha value is -0.830. The quantitative estimate of drug-likeness (QED) is 0.840. The molecule has 0 amide bonds. The van der Waals surface area contributed by atoms with E-state index in [1.165, 1.54) is 44.3 Å². The fraction of sp³-hybridized carbons (Fsp3) is 0.800. The molecule has 1 aliphatic rings. The zero-order valence-electron chi connectivity index (χ0n) is 12.1. The first kappa shape index (κ1) is 13.6. The molecule has 102 valence electrons. The summed E-state index contributed by atoms with van der Waals surface area (Å²) in [5.74, 6) is 0. The van der Waals surface area contributed by atoms with Crippen LogP contribution in [0, 0.1) is 5.41 Å². The minimum absolute atomic E-state index is 0.536. The normalized spacial score (nSPS) is 18.7. The molecule has 0 saturated heterocycles. The number of aryl methyl sites for hydroxylation is 2. The van der Waals surface area contributed by atoms with Crippen molar-refractivity contribution >= 4 is 0 Å². The molecule has 18 heavy (non-hydrogen) atoms. The van der Waals surface area contributed by atoms with E-state index >= 15 is 0 Å². The summed E-state index contributed by atoms with van der Waals surface area (Å²) in [6, 6.07) is 2.75. The van der Waals surface area contributed by atoms with Crippen LogP contribution < -0.4 is 5.32 Å². The smallest absolute Gasteiger partial charge is 0.0492 e. The van der Waals surface area contributed by atoms with Crippen molar-refractivity contribution in [3.63, 3.8) is 0 Å². The lowest BCUT2D eigenvalue weighted by Crippen LogP contribution is -2.36. The summed E-state index contributed by atoms with van der Waals surface area (Å²) >= 11 is 0. The van der Waals surface area contributed by atoms with Gasteiger partial charge in [0.1, 0.15) is 0 Å². The molecular formula is C15H27N3. The van der Waals surface area contributed by atoms with Crippen LogP contribution in [0.3, 0.4) is 0 Å². The maximum atomic E-state index is 4.26. The summed E-state index contributed by atoms with van der Waals surface area (Å²) in [5.41, 5.74) is 1.90. The Bertz CT molecular complexity index is 362. The Morgan fingerprint density at radius 3 is 2.67 bits per heavy atom. The summed E-state index contributed by atoms with van der Waals surface area (Å²) in [6.45, 7) is 5.66. The van der Waals surface area contributed by atoms with Crippen LogP contribution in [0.5, 0.6) is 0 Å². The Labute approximate surface area is 111 Å². The van der Waals surface area contributed by atoms with E-state index in [0.717, 1.165) is 6.42 Å². The van der Waals surface area contributed by atoms with E-state index in [1.54, 1.807) is 0 Å². The van der Waals surface area contributed by atoms with Gasteiger partial charge in [-0.1, -0.05) is 26.7 Å². The van der Waals surface area contributed by atoms with Gasteiger partial charge in [-0.05, 0) is 37.2 Å². The maximum Gasteiger partial charge on any atom is 0.0492 e. The average molecular weight is 249 g/mol. The van der Waals surface area contributed by atoms with Crippen LogP contribution in [0.2, 0.25) is 0 Å². The van der Waals surface area contributed by atoms with Crippen LogP contribution in [0.15, 0.2) is 12.3 Å². The molecule has 0 aliphatic heterocycles. The molecule has 1 aromatic rings. The summed E-state index contributed by atoms with van der Waals surface area (Å²) in [4.78, 5) is 0. The topological polar surface area (TPSA) is 29.9 Å². The molecule has 1 fully saturated rings. The Morgan fingerprint density at radius 1 is 1.39 bits per heavy atom. The second kappa shape index (κ2) is 5.87. The van der Waals surface area contributed by atoms with E-state index in [1.807, 2.05) is 17.9 Å². The second-order valence-corrected chi connectivity index (χ2v) is 6.19. The van der Waals surface area contributed by atoms with E-state index < -0.39 is 0 Å². The molecule has 1 aliphatic carbocycles. The minimum Gasteiger partial charge on any atom is -0.314 e. The van der Waals surface area contributed by atoms with Crippen molar-refractivity contribution < 1.29 is 0 Å². The lowest BCUT2D eigenvalue weighted by atomic mass is 9.81. The van der Waals surface area contributed by atoms with Crippen LogP contribution in [-0.4, -0.2) is 22.4 Å². The van der Waals surface area contributed by atoms with Gasteiger partial charge in [0.15, 0.2) is 0 Å². The predicted molar refractivity (Wildman–Crippen MR) is 75.6 cm³/mol. The monoisotopic (exact) mass is 249 g/mol. The van der Waals surface area contributed by atoms with Crippen LogP contribution >= 0.6 is 0 Å². The largest absolute Gasteiger partial charge is 0.314 e. The molecule has 1 N–H and O–H groups in total. The minimum atomic E-state index is 0.536. The Balaban J connectivity index is 1.92. The number of nitrogens with one attached hydrogen (secondary N) is 1. The van der Waals surface area contributed by atoms with Gasteiger partial charge in [-0.3, -0.25) is 4.68 Å². The Kier molecular flexibility index (Phi) is 4.44. The molecule has 3 heteroatoms. The van der Waals surface area contributed by atoms with Gasteiger partial charge in [-0.25, -0.2) is 0 Å². The summed E-state index contributed by atoms with van der Waals surface area (Å²) in [6.07, 6.45) is 9.97. The van der Waals surface area contributed by atoms with Crippen LogP contribution in [0.25, 0.3) is 0 Å². The highest BCUT2D eigenvalue weighted by molar-refractivity contribution is 5.02. The van der Waals surface area contributed by atoms with E-state index in [-0.39, 0.29) is 0 Å². The summed E-state index contributed by atoms with van der Waals surface area (Å²) < 4.78 is 2.01. The first-order chi connectivity index (χ1) is 8.61. The predicted octanol–water partition coefficient (Wildman–Crippen LogP) is 2.91. The molecule has 3 nitrogen and oxygen atoms in total. The Morgan fingerprint density at radius 2 is 2.11 bits per heavy atom. The van der Waals surface area contributed by atoms with Crippen molar-refractivity contribution in [2.45, 2.75) is 58.4 Å². The average Bonchev–Trinajstić information content (AvgIpc) is 2.94. The van der Waals surface area contributed by atoms with Gasteiger partial charge in [0.25, 0.3) is 0 Å². The number of hydrogen-bond acceptors (Lipinski definition) is 2. The van der Waals surface area contributed by atoms with E-state index in [0.29, 0.717) is 11.5 Å². The van der Waals surface area contributed by atoms with Crippen LogP contribution in [0.4, 0.5) is 0 Å². The fourth-order valence-electron chi connectivity index (χ4n) is 3.10. The molecule has 0 bridgehead atoms. The second-order valence-electron chi connectivity index (χ2n) is 6.19. The molecule has 0 spiro atoms. The van der Waals surface area contributed by atoms with Gasteiger partial charge in [0.2, 0.25) is 0 Å². The van der Waals surface area contributed by atoms with Crippen molar-refractivity contribution in [1.82, 2.24) is 15.1 Å². The van der Waals surface area contributed by atoms with E-state index in [4.69, 9.17) is 0 Å². The molecule has 1 saturated carbocycles. The highest BCUT2D eigenvalue weighted by Crippen LogP contribution is 2.41. The SMILES string of the molecule is CC(C)NCC1(CCc2ccnn2C)CCCC1. The number of nitrogens with zero attached hydrogens (tertiary/aromatic N) is 2. The molecule has 0 unspecified atom stereocenters. The molecule has 1 heterocycles. The zero-order chi connectivity index (χ0) is 13.0. The van der Waals surface area contributed by atoms with Gasteiger partial charge in [0.05, 0.1) is 0 Å². The summed E-state index contributed by atoms with van der Waals surface area (Å²) in [5, 5.41) is 7.91. The standard InChI is InChI=1S/C15H27N3/c1-13(2)16-12-15(8-4-5-9-15)10-6-14-7-11-17-18(14)3/h7,11,13,16H,4-6,8-10,12H2,1-3H3. The highest BCUT2D eigenvalue weighted by atomic mass is 15.2. The molecule has 1 aromatic heterocycles. The lowest BCUT2D eigenvalue weighted by Gasteiger charge is -2.30. The summed E-state index contributed by atoms with van der Waals surface area (Å²) in [7, 11) is 2.04. The maximum absolute atomic E-state index is 4.26. The lowest BCUT2D eigenvalue weighted by molar-refractivity contribution is 0.248. The van der Waals surface area contributed by atoms with E-state index in [9.17, 15) is 0 Å². The van der Waals surface area contributed by atoms with Gasteiger partial charge in [0, 0.05) is 31.5 Å². The van der Waals surface area contributed by atoms with Crippen molar-refractivity contribution in [3.8, 4) is 0 Å². The zero-order valence-corrected chi connectivity index (χ0v) is 12.1. The van der Waals surface area contributed by atoms with Crippen molar-refractivity contribution in [2.24, 2.45) is 12.5 Å². The third-order valence-corrected chi connectivity index (χ3v) is 4.38. The van der Waals surface area contributed by atoms with Crippen LogP contribution in [-0.2, 0) is 13.5 Å². The van der Waals surface area contributed by atoms with Gasteiger partial charge >= 0.3 is 0 Å². The van der Waals surface area contributed by atoms with Crippen molar-refractivity contribution in [1.29, 1.82) is 0 Å². The highest BCUT2D eigenvalue weighted by Gasteiger charge is 2.33. The van der Waals surface area contributed by atoms with Crippen molar-refractivity contribution in [2.75, 3.05) is 6.54 Å². The fourth-order valence-corrected chi connectivity index (χ4v) is 3.10. The van der Waals surface area contributed by atoms with E-state index in [2.05, 4.69) is 30.3 Å². The number of rotatable bonds is 6. The van der Waals surface area contributed by atoms with Gasteiger partial charge < -0.3 is 5.32 Å². The first-order valence-corrected chi connectivity index (χ1v) is 7.32.